The molecule has 142 valence electrons. The standard InChI is InChI=1S/C22H42O2/c1-3-5-6-7-8-9-10-11-12-13-14-15-16-17-19-21(20-23)22(24)18-4-2/h20-21H,3-19H2,1-2H3. The first-order chi connectivity index (χ1) is 11.8. The summed E-state index contributed by atoms with van der Waals surface area (Å²) in [5.41, 5.74) is 0. The van der Waals surface area contributed by atoms with Crippen LogP contribution in [0, 0.1) is 5.92 Å². The van der Waals surface area contributed by atoms with E-state index in [1.54, 1.807) is 0 Å². The smallest absolute Gasteiger partial charge is 0.143 e. The number of carbonyl (C=O) groups excluding carboxylic acids is 2. The molecule has 0 saturated carbocycles. The average Bonchev–Trinajstić information content (AvgIpc) is 2.58. The third-order valence-corrected chi connectivity index (χ3v) is 4.94. The zero-order chi connectivity index (χ0) is 17.9. The Labute approximate surface area is 151 Å². The second-order valence-corrected chi connectivity index (χ2v) is 7.34. The molecule has 0 heterocycles. The highest BCUT2D eigenvalue weighted by atomic mass is 16.1. The Morgan fingerprint density at radius 3 is 1.46 bits per heavy atom. The summed E-state index contributed by atoms with van der Waals surface area (Å²) >= 11 is 0. The lowest BCUT2D eigenvalue weighted by atomic mass is 9.95. The van der Waals surface area contributed by atoms with Crippen LogP contribution >= 0.6 is 0 Å². The summed E-state index contributed by atoms with van der Waals surface area (Å²) in [5, 5.41) is 0. The van der Waals surface area contributed by atoms with Crippen molar-refractivity contribution >= 4 is 12.1 Å². The Hall–Kier alpha value is -0.660. The molecular weight excluding hydrogens is 296 g/mol. The Kier molecular flexibility index (Phi) is 18.2. The number of ketones is 1. The second-order valence-electron chi connectivity index (χ2n) is 7.34. The molecule has 0 aromatic heterocycles. The van der Waals surface area contributed by atoms with Crippen molar-refractivity contribution < 1.29 is 9.59 Å². The molecule has 0 rings (SSSR count). The molecule has 1 atom stereocenters. The van der Waals surface area contributed by atoms with E-state index in [1.165, 1.54) is 83.5 Å². The van der Waals surface area contributed by atoms with Gasteiger partial charge >= 0.3 is 0 Å². The lowest BCUT2D eigenvalue weighted by Crippen LogP contribution is -2.15. The minimum Gasteiger partial charge on any atom is -0.303 e. The predicted octanol–water partition coefficient (Wildman–Crippen LogP) is 7.04. The summed E-state index contributed by atoms with van der Waals surface area (Å²) in [6, 6.07) is 0. The van der Waals surface area contributed by atoms with Crippen molar-refractivity contribution in [1.29, 1.82) is 0 Å². The van der Waals surface area contributed by atoms with Gasteiger partial charge in [0.2, 0.25) is 0 Å². The van der Waals surface area contributed by atoms with Gasteiger partial charge in [-0.1, -0.05) is 104 Å². The lowest BCUT2D eigenvalue weighted by molar-refractivity contribution is -0.127. The topological polar surface area (TPSA) is 34.1 Å². The van der Waals surface area contributed by atoms with Gasteiger partial charge in [0.15, 0.2) is 0 Å². The fourth-order valence-corrected chi connectivity index (χ4v) is 3.30. The molecule has 0 fully saturated rings. The predicted molar refractivity (Wildman–Crippen MR) is 104 cm³/mol. The van der Waals surface area contributed by atoms with Crippen LogP contribution in [0.5, 0.6) is 0 Å². The van der Waals surface area contributed by atoms with E-state index in [0.29, 0.717) is 6.42 Å². The van der Waals surface area contributed by atoms with Gasteiger partial charge in [-0.05, 0) is 12.8 Å². The van der Waals surface area contributed by atoms with Crippen LogP contribution in [0.3, 0.4) is 0 Å². The number of hydrogen-bond donors (Lipinski definition) is 0. The number of carbonyl (C=O) groups is 2. The minimum atomic E-state index is -0.331. The summed E-state index contributed by atoms with van der Waals surface area (Å²) in [4.78, 5) is 22.7. The number of hydrogen-bond acceptors (Lipinski definition) is 2. The summed E-state index contributed by atoms with van der Waals surface area (Å²) in [7, 11) is 0. The first-order valence-electron chi connectivity index (χ1n) is 10.7. The van der Waals surface area contributed by atoms with Crippen molar-refractivity contribution in [1.82, 2.24) is 0 Å². The van der Waals surface area contributed by atoms with E-state index in [9.17, 15) is 9.59 Å². The Bertz CT molecular complexity index is 286. The van der Waals surface area contributed by atoms with Crippen molar-refractivity contribution in [2.24, 2.45) is 5.92 Å². The number of rotatable bonds is 19. The van der Waals surface area contributed by atoms with Crippen LogP contribution < -0.4 is 0 Å². The number of unbranched alkanes of at least 4 members (excludes halogenated alkanes) is 13. The molecule has 0 saturated heterocycles. The largest absolute Gasteiger partial charge is 0.303 e. The molecule has 1 unspecified atom stereocenters. The van der Waals surface area contributed by atoms with Crippen molar-refractivity contribution in [3.63, 3.8) is 0 Å². The molecule has 0 radical (unpaired) electrons. The molecule has 0 aromatic carbocycles. The molecule has 2 nitrogen and oxygen atoms in total. The first kappa shape index (κ1) is 23.3. The van der Waals surface area contributed by atoms with Gasteiger partial charge in [0, 0.05) is 6.42 Å². The van der Waals surface area contributed by atoms with Gasteiger partial charge < -0.3 is 4.79 Å². The highest BCUT2D eigenvalue weighted by molar-refractivity contribution is 5.93. The molecule has 24 heavy (non-hydrogen) atoms. The van der Waals surface area contributed by atoms with Gasteiger partial charge in [0.05, 0.1) is 5.92 Å². The third kappa shape index (κ3) is 14.9. The fourth-order valence-electron chi connectivity index (χ4n) is 3.30. The molecule has 0 aliphatic carbocycles. The van der Waals surface area contributed by atoms with Crippen LogP contribution in [0.15, 0.2) is 0 Å². The first-order valence-corrected chi connectivity index (χ1v) is 10.7. The molecule has 0 aliphatic rings. The highest BCUT2D eigenvalue weighted by Crippen LogP contribution is 2.15. The van der Waals surface area contributed by atoms with Gasteiger partial charge in [-0.2, -0.15) is 0 Å². The van der Waals surface area contributed by atoms with Crippen LogP contribution in [0.2, 0.25) is 0 Å². The van der Waals surface area contributed by atoms with Gasteiger partial charge in [-0.25, -0.2) is 0 Å². The maximum absolute atomic E-state index is 11.7. The number of Topliss-reactive ketones (excluding diaryl/α,β-unsaturated/α-hetero) is 1. The third-order valence-electron chi connectivity index (χ3n) is 4.94. The van der Waals surface area contributed by atoms with Crippen molar-refractivity contribution in [3.8, 4) is 0 Å². The summed E-state index contributed by atoms with van der Waals surface area (Å²) in [5.74, 6) is -0.190. The van der Waals surface area contributed by atoms with Gasteiger partial charge in [-0.15, -0.1) is 0 Å². The van der Waals surface area contributed by atoms with Crippen LogP contribution in [0.4, 0.5) is 0 Å². The average molecular weight is 339 g/mol. The van der Waals surface area contributed by atoms with Crippen LogP contribution in [-0.4, -0.2) is 12.1 Å². The normalized spacial score (nSPS) is 12.2. The highest BCUT2D eigenvalue weighted by Gasteiger charge is 2.15. The second kappa shape index (κ2) is 18.7. The van der Waals surface area contributed by atoms with Crippen LogP contribution in [0.25, 0.3) is 0 Å². The minimum absolute atomic E-state index is 0.141. The summed E-state index contributed by atoms with van der Waals surface area (Å²) in [6.07, 6.45) is 21.8. The van der Waals surface area contributed by atoms with Gasteiger partial charge in [0.25, 0.3) is 0 Å². The molecule has 2 heteroatoms. The quantitative estimate of drug-likeness (QED) is 0.144. The Morgan fingerprint density at radius 2 is 1.08 bits per heavy atom. The molecule has 0 aliphatic heterocycles. The Balaban J connectivity index is 3.27. The molecule has 0 amide bonds. The van der Waals surface area contributed by atoms with E-state index >= 15 is 0 Å². The maximum Gasteiger partial charge on any atom is 0.143 e. The van der Waals surface area contributed by atoms with Crippen molar-refractivity contribution in [3.05, 3.63) is 0 Å². The van der Waals surface area contributed by atoms with Crippen molar-refractivity contribution in [2.45, 2.75) is 123 Å². The van der Waals surface area contributed by atoms with Crippen LogP contribution in [-0.2, 0) is 9.59 Å². The summed E-state index contributed by atoms with van der Waals surface area (Å²) in [6.45, 7) is 4.26. The maximum atomic E-state index is 11.7. The van der Waals surface area contributed by atoms with E-state index < -0.39 is 0 Å². The van der Waals surface area contributed by atoms with E-state index in [1.807, 2.05) is 6.92 Å². The Morgan fingerprint density at radius 1 is 0.667 bits per heavy atom. The van der Waals surface area contributed by atoms with Crippen molar-refractivity contribution in [2.75, 3.05) is 0 Å². The molecule has 0 spiro atoms. The zero-order valence-electron chi connectivity index (χ0n) is 16.5. The van der Waals surface area contributed by atoms with E-state index in [4.69, 9.17) is 0 Å². The lowest BCUT2D eigenvalue weighted by Gasteiger charge is -2.08. The van der Waals surface area contributed by atoms with E-state index in [0.717, 1.165) is 25.5 Å². The molecule has 0 N–H and O–H groups in total. The zero-order valence-corrected chi connectivity index (χ0v) is 16.5. The number of aldehydes is 1. The molecular formula is C22H42O2. The molecule has 0 bridgehead atoms. The monoisotopic (exact) mass is 338 g/mol. The van der Waals surface area contributed by atoms with Crippen LogP contribution in [0.1, 0.15) is 123 Å². The van der Waals surface area contributed by atoms with Gasteiger partial charge in [0.1, 0.15) is 12.1 Å². The van der Waals surface area contributed by atoms with E-state index in [-0.39, 0.29) is 11.7 Å². The summed E-state index contributed by atoms with van der Waals surface area (Å²) < 4.78 is 0. The molecule has 0 aromatic rings. The SMILES string of the molecule is CCCCCCCCCCCCCCCCC(C=O)C(=O)CCC. The fraction of sp³-hybridized carbons (Fsp3) is 0.909. The van der Waals surface area contributed by atoms with E-state index in [2.05, 4.69) is 6.92 Å². The van der Waals surface area contributed by atoms with Gasteiger partial charge in [-0.3, -0.25) is 4.79 Å².